The van der Waals surface area contributed by atoms with Crippen LogP contribution in [-0.2, 0) is 25.6 Å². The molecule has 1 aliphatic rings. The van der Waals surface area contributed by atoms with Crippen LogP contribution in [0.4, 0.5) is 0 Å². The summed E-state index contributed by atoms with van der Waals surface area (Å²) in [7, 11) is 1.47. The number of ether oxygens (including phenoxy) is 3. The smallest absolute Gasteiger partial charge is 0.311 e. The van der Waals surface area contributed by atoms with Gasteiger partial charge in [0.25, 0.3) is 5.09 Å². The Morgan fingerprint density at radius 1 is 0.959 bits per heavy atom. The van der Waals surface area contributed by atoms with E-state index in [1.807, 2.05) is 42.5 Å². The van der Waals surface area contributed by atoms with Crippen LogP contribution in [-0.4, -0.2) is 71.0 Å². The fourth-order valence-corrected chi connectivity index (χ4v) is 5.95. The van der Waals surface area contributed by atoms with Gasteiger partial charge in [0.2, 0.25) is 0 Å². The number of hydrogen-bond acceptors (Lipinski definition) is 11. The second kappa shape index (κ2) is 21.7. The van der Waals surface area contributed by atoms with E-state index in [4.69, 9.17) is 14.2 Å². The molecule has 0 bridgehead atoms. The number of nitrogens with zero attached hydrogens (tertiary/aromatic N) is 1. The van der Waals surface area contributed by atoms with Crippen molar-refractivity contribution in [1.82, 2.24) is 0 Å². The highest BCUT2D eigenvalue weighted by Gasteiger charge is 2.40. The van der Waals surface area contributed by atoms with Gasteiger partial charge in [-0.05, 0) is 99.0 Å². The van der Waals surface area contributed by atoms with E-state index in [9.17, 15) is 35.0 Å². The maximum Gasteiger partial charge on any atom is 0.311 e. The maximum absolute atomic E-state index is 12.5. The topological polar surface area (TPSA) is 175 Å². The van der Waals surface area contributed by atoms with Gasteiger partial charge in [-0.25, -0.2) is 0 Å². The minimum Gasteiger partial charge on any atom is -0.493 e. The molecule has 0 aromatic heterocycles. The van der Waals surface area contributed by atoms with E-state index < -0.39 is 35.3 Å². The Morgan fingerprint density at radius 3 is 2.47 bits per heavy atom. The lowest BCUT2D eigenvalue weighted by Gasteiger charge is -2.23. The summed E-state index contributed by atoms with van der Waals surface area (Å²) in [6, 6.07) is 15.1. The predicted octanol–water partition coefficient (Wildman–Crippen LogP) is 5.39. The maximum atomic E-state index is 12.5. The largest absolute Gasteiger partial charge is 0.493 e. The van der Waals surface area contributed by atoms with E-state index in [-0.39, 0.29) is 50.1 Å². The van der Waals surface area contributed by atoms with Gasteiger partial charge in [-0.2, -0.15) is 0 Å². The highest BCUT2D eigenvalue weighted by molar-refractivity contribution is 5.73. The zero-order chi connectivity index (χ0) is 35.4. The average Bonchev–Trinajstić information content (AvgIpc) is 3.36. The van der Waals surface area contributed by atoms with Crippen LogP contribution >= 0.6 is 0 Å². The van der Waals surface area contributed by atoms with Crippen molar-refractivity contribution in [1.29, 1.82) is 0 Å². The minimum absolute atomic E-state index is 0.00477. The fourth-order valence-electron chi connectivity index (χ4n) is 5.95. The Hall–Kier alpha value is -4.26. The van der Waals surface area contributed by atoms with E-state index in [1.54, 1.807) is 30.4 Å². The molecule has 12 nitrogen and oxygen atoms in total. The number of carbonyl (C=O) groups is 2. The second-order valence-electron chi connectivity index (χ2n) is 12.2. The molecule has 12 heteroatoms. The first-order chi connectivity index (χ1) is 23.7. The molecule has 1 saturated carbocycles. The van der Waals surface area contributed by atoms with Crippen molar-refractivity contribution in [2.75, 3.05) is 20.3 Å². The Kier molecular flexibility index (Phi) is 17.3. The molecule has 0 amide bonds. The molecule has 49 heavy (non-hydrogen) atoms. The van der Waals surface area contributed by atoms with Gasteiger partial charge in [-0.1, -0.05) is 54.6 Å². The molecule has 0 heterocycles. The molecule has 0 saturated heterocycles. The summed E-state index contributed by atoms with van der Waals surface area (Å²) in [6.07, 6.45) is 11.0. The summed E-state index contributed by atoms with van der Waals surface area (Å²) >= 11 is 0. The number of esters is 2. The zero-order valence-corrected chi connectivity index (χ0v) is 28.1. The molecule has 3 N–H and O–H groups in total. The Morgan fingerprint density at radius 2 is 1.71 bits per heavy atom. The number of aliphatic hydroxyl groups is 3. The molecular formula is C37H49NO11. The monoisotopic (exact) mass is 683 g/mol. The highest BCUT2D eigenvalue weighted by atomic mass is 16.9. The van der Waals surface area contributed by atoms with Crippen LogP contribution in [0, 0.1) is 22.0 Å². The van der Waals surface area contributed by atoms with Crippen LogP contribution in [0.2, 0.25) is 0 Å². The minimum atomic E-state index is -0.910. The number of aryl methyl sites for hydroxylation is 1. The summed E-state index contributed by atoms with van der Waals surface area (Å²) in [5.41, 5.74) is 1.92. The first-order valence-electron chi connectivity index (χ1n) is 16.9. The summed E-state index contributed by atoms with van der Waals surface area (Å²) in [5, 5.41) is 40.9. The van der Waals surface area contributed by atoms with Crippen LogP contribution in [0.5, 0.6) is 11.5 Å². The number of hydrogen-bond donors (Lipinski definition) is 3. The van der Waals surface area contributed by atoms with Crippen LogP contribution in [0.3, 0.4) is 0 Å². The summed E-state index contributed by atoms with van der Waals surface area (Å²) in [5.74, 6) is -0.386. The molecule has 3 rings (SSSR count). The number of carbonyl (C=O) groups excluding carboxylic acids is 2. The van der Waals surface area contributed by atoms with Crippen LogP contribution in [0.15, 0.2) is 66.8 Å². The SMILES string of the molecule is COc1cc(/C=C/COC(=O)CCCO[N+](=O)[O-])ccc1OC(=O)CCC/C=C\C[C@@H]1[C@@H](CC[C@@H](O)CCc2ccccc2)[C@H](O)C[C@@H]1O. The third-order valence-corrected chi connectivity index (χ3v) is 8.57. The van der Waals surface area contributed by atoms with E-state index in [0.29, 0.717) is 50.7 Å². The number of allylic oxidation sites excluding steroid dienone is 2. The third kappa shape index (κ3) is 14.8. The van der Waals surface area contributed by atoms with Crippen molar-refractivity contribution >= 4 is 18.0 Å². The molecule has 0 aliphatic heterocycles. The summed E-state index contributed by atoms with van der Waals surface area (Å²) in [6.45, 7) is -0.152. The first-order valence-corrected chi connectivity index (χ1v) is 16.9. The molecule has 5 atom stereocenters. The van der Waals surface area contributed by atoms with E-state index >= 15 is 0 Å². The molecule has 1 fully saturated rings. The van der Waals surface area contributed by atoms with Gasteiger partial charge in [0.05, 0.1) is 32.0 Å². The summed E-state index contributed by atoms with van der Waals surface area (Å²) in [4.78, 5) is 38.4. The van der Waals surface area contributed by atoms with Crippen molar-refractivity contribution in [3.05, 3.63) is 88.0 Å². The molecular weight excluding hydrogens is 634 g/mol. The van der Waals surface area contributed by atoms with Crippen molar-refractivity contribution in [3.8, 4) is 11.5 Å². The third-order valence-electron chi connectivity index (χ3n) is 8.57. The summed E-state index contributed by atoms with van der Waals surface area (Å²) < 4.78 is 15.9. The van der Waals surface area contributed by atoms with Gasteiger partial charge in [0.1, 0.15) is 6.61 Å². The molecule has 0 unspecified atom stereocenters. The molecule has 2 aromatic rings. The van der Waals surface area contributed by atoms with Gasteiger partial charge in [-0.3, -0.25) is 9.59 Å². The number of aliphatic hydroxyl groups excluding tert-OH is 3. The first kappa shape index (κ1) is 39.2. The number of unbranched alkanes of at least 4 members (excludes halogenated alkanes) is 1. The van der Waals surface area contributed by atoms with E-state index in [0.717, 1.165) is 12.0 Å². The number of methoxy groups -OCH3 is 1. The second-order valence-corrected chi connectivity index (χ2v) is 12.2. The number of rotatable bonds is 22. The molecule has 0 spiro atoms. The predicted molar refractivity (Wildman–Crippen MR) is 182 cm³/mol. The lowest BCUT2D eigenvalue weighted by atomic mass is 9.85. The van der Waals surface area contributed by atoms with E-state index in [1.165, 1.54) is 12.7 Å². The standard InChI is InChI=1S/C37H49NO11/c1-46-35-25-28(13-9-23-47-36(42)16-10-24-48-38(44)45)18-22-34(35)49-37(43)15-8-3-2-7-14-30-31(33(41)26-32(30)40)21-20-29(39)19-17-27-11-5-4-6-12-27/h2,4-7,9,11-13,18,22,25,29-33,39-41H,3,8,10,14-17,19-21,23-24,26H2,1H3/b7-2-,13-9+/t29-,30+,31+,32-,33+/m0/s1. The van der Waals surface area contributed by atoms with Crippen molar-refractivity contribution in [3.63, 3.8) is 0 Å². The average molecular weight is 684 g/mol. The van der Waals surface area contributed by atoms with Crippen molar-refractivity contribution in [2.45, 2.75) is 88.9 Å². The highest BCUT2D eigenvalue weighted by Crippen LogP contribution is 2.38. The Balaban J connectivity index is 1.34. The van der Waals surface area contributed by atoms with Gasteiger partial charge in [0.15, 0.2) is 11.5 Å². The van der Waals surface area contributed by atoms with Crippen LogP contribution in [0.1, 0.15) is 75.3 Å². The molecule has 0 radical (unpaired) electrons. The molecule has 2 aromatic carbocycles. The lowest BCUT2D eigenvalue weighted by molar-refractivity contribution is -0.757. The van der Waals surface area contributed by atoms with Crippen LogP contribution in [0.25, 0.3) is 6.08 Å². The Labute approximate surface area is 287 Å². The number of benzene rings is 2. The van der Waals surface area contributed by atoms with Gasteiger partial charge in [0, 0.05) is 12.8 Å². The van der Waals surface area contributed by atoms with Gasteiger partial charge >= 0.3 is 11.9 Å². The quantitative estimate of drug-likeness (QED) is 0.0362. The van der Waals surface area contributed by atoms with Gasteiger partial charge in [-0.15, -0.1) is 10.1 Å². The zero-order valence-electron chi connectivity index (χ0n) is 28.1. The lowest BCUT2D eigenvalue weighted by Crippen LogP contribution is -2.23. The fraction of sp³-hybridized carbons (Fsp3) is 0.514. The van der Waals surface area contributed by atoms with Gasteiger partial charge < -0.3 is 34.4 Å². The van der Waals surface area contributed by atoms with E-state index in [2.05, 4.69) is 4.84 Å². The van der Waals surface area contributed by atoms with Crippen molar-refractivity contribution in [2.24, 2.45) is 11.8 Å². The van der Waals surface area contributed by atoms with Crippen molar-refractivity contribution < 1.29 is 49.0 Å². The molecule has 1 aliphatic carbocycles. The van der Waals surface area contributed by atoms with Crippen LogP contribution < -0.4 is 9.47 Å². The normalized spacial score (nSPS) is 19.6. The Bertz CT molecular complexity index is 1360. The molecule has 268 valence electrons.